The van der Waals surface area contributed by atoms with Gasteiger partial charge in [-0.25, -0.2) is 0 Å². The molecular formula is C11H15N5. The Kier molecular flexibility index (Phi) is 3.05. The predicted octanol–water partition coefficient (Wildman–Crippen LogP) is 1.05. The quantitative estimate of drug-likeness (QED) is 0.751. The number of hydrogen-bond donors (Lipinski definition) is 2. The average Bonchev–Trinajstić information content (AvgIpc) is 2.65. The summed E-state index contributed by atoms with van der Waals surface area (Å²) in [6.45, 7) is 0.815. The lowest BCUT2D eigenvalue weighted by Crippen LogP contribution is -2.08. The van der Waals surface area contributed by atoms with Crippen LogP contribution in [0.1, 0.15) is 5.82 Å². The molecule has 0 atom stereocenters. The molecule has 5 nitrogen and oxygen atoms in total. The summed E-state index contributed by atoms with van der Waals surface area (Å²) < 4.78 is 1.92. The minimum absolute atomic E-state index is 0.767. The highest BCUT2D eigenvalue weighted by atomic mass is 15.2. The van der Waals surface area contributed by atoms with Crippen molar-refractivity contribution in [1.82, 2.24) is 14.8 Å². The van der Waals surface area contributed by atoms with Crippen LogP contribution in [0.3, 0.4) is 0 Å². The van der Waals surface area contributed by atoms with Crippen LogP contribution in [-0.2, 0) is 13.5 Å². The van der Waals surface area contributed by atoms with Crippen molar-refractivity contribution in [3.8, 4) is 0 Å². The molecule has 3 N–H and O–H groups in total. The Hall–Kier alpha value is -2.04. The van der Waals surface area contributed by atoms with Gasteiger partial charge >= 0.3 is 0 Å². The van der Waals surface area contributed by atoms with Crippen LogP contribution in [0.5, 0.6) is 0 Å². The largest absolute Gasteiger partial charge is 0.399 e. The van der Waals surface area contributed by atoms with Crippen molar-refractivity contribution in [3.05, 3.63) is 36.4 Å². The summed E-state index contributed by atoms with van der Waals surface area (Å²) in [5.41, 5.74) is 7.48. The fourth-order valence-corrected chi connectivity index (χ4v) is 1.50. The molecule has 2 aromatic rings. The van der Waals surface area contributed by atoms with E-state index < -0.39 is 0 Å². The number of rotatable bonds is 4. The van der Waals surface area contributed by atoms with Crippen molar-refractivity contribution in [2.45, 2.75) is 6.42 Å². The number of hydrogen-bond acceptors (Lipinski definition) is 4. The Labute approximate surface area is 94.3 Å². The highest BCUT2D eigenvalue weighted by Crippen LogP contribution is 2.11. The predicted molar refractivity (Wildman–Crippen MR) is 64.1 cm³/mol. The molecule has 0 bridgehead atoms. The summed E-state index contributed by atoms with van der Waals surface area (Å²) in [6.07, 6.45) is 2.54. The maximum absolute atomic E-state index is 5.68. The van der Waals surface area contributed by atoms with Crippen LogP contribution >= 0.6 is 0 Å². The summed E-state index contributed by atoms with van der Waals surface area (Å²) in [5.74, 6) is 0.969. The number of aryl methyl sites for hydroxylation is 1. The third-order valence-corrected chi connectivity index (χ3v) is 2.37. The highest BCUT2D eigenvalue weighted by Gasteiger charge is 1.99. The molecule has 0 aliphatic heterocycles. The summed E-state index contributed by atoms with van der Waals surface area (Å²) in [7, 11) is 1.94. The molecule has 0 saturated carbocycles. The van der Waals surface area contributed by atoms with Crippen LogP contribution in [0.4, 0.5) is 11.4 Å². The van der Waals surface area contributed by atoms with Gasteiger partial charge < -0.3 is 15.6 Å². The zero-order chi connectivity index (χ0) is 11.4. The van der Waals surface area contributed by atoms with E-state index in [-0.39, 0.29) is 0 Å². The molecule has 0 saturated heterocycles. The summed E-state index contributed by atoms with van der Waals surface area (Å²) in [6, 6.07) is 7.71. The van der Waals surface area contributed by atoms with Gasteiger partial charge in [-0.3, -0.25) is 0 Å². The molecule has 0 unspecified atom stereocenters. The second-order valence-electron chi connectivity index (χ2n) is 3.66. The van der Waals surface area contributed by atoms with Crippen LogP contribution in [0.25, 0.3) is 0 Å². The van der Waals surface area contributed by atoms with E-state index in [0.29, 0.717) is 0 Å². The van der Waals surface area contributed by atoms with E-state index in [1.807, 2.05) is 35.9 Å². The first-order valence-corrected chi connectivity index (χ1v) is 5.18. The lowest BCUT2D eigenvalue weighted by atomic mass is 10.3. The van der Waals surface area contributed by atoms with Gasteiger partial charge in [0.2, 0.25) is 0 Å². The Morgan fingerprint density at radius 2 is 2.31 bits per heavy atom. The van der Waals surface area contributed by atoms with Crippen LogP contribution in [0.15, 0.2) is 30.6 Å². The van der Waals surface area contributed by atoms with E-state index >= 15 is 0 Å². The van der Waals surface area contributed by atoms with Crippen LogP contribution in [0, 0.1) is 0 Å². The Morgan fingerprint density at radius 1 is 1.44 bits per heavy atom. The lowest BCUT2D eigenvalue weighted by Gasteiger charge is -2.06. The SMILES string of the molecule is Cn1cnnc1CCNc1cccc(N)c1. The molecule has 5 heteroatoms. The van der Waals surface area contributed by atoms with Crippen molar-refractivity contribution in [3.63, 3.8) is 0 Å². The van der Waals surface area contributed by atoms with E-state index in [9.17, 15) is 0 Å². The average molecular weight is 217 g/mol. The van der Waals surface area contributed by atoms with Crippen molar-refractivity contribution in [2.24, 2.45) is 7.05 Å². The first kappa shape index (κ1) is 10.5. The van der Waals surface area contributed by atoms with Gasteiger partial charge in [-0.15, -0.1) is 10.2 Å². The molecule has 84 valence electrons. The number of nitrogens with one attached hydrogen (secondary N) is 1. The number of nitrogens with zero attached hydrogens (tertiary/aromatic N) is 3. The molecule has 0 radical (unpaired) electrons. The molecule has 0 fully saturated rings. The second-order valence-corrected chi connectivity index (χ2v) is 3.66. The van der Waals surface area contributed by atoms with Crippen LogP contribution in [-0.4, -0.2) is 21.3 Å². The van der Waals surface area contributed by atoms with E-state index in [4.69, 9.17) is 5.73 Å². The zero-order valence-electron chi connectivity index (χ0n) is 9.22. The van der Waals surface area contributed by atoms with Crippen molar-refractivity contribution < 1.29 is 0 Å². The number of aromatic nitrogens is 3. The molecular weight excluding hydrogens is 202 g/mol. The Morgan fingerprint density at radius 3 is 3.00 bits per heavy atom. The monoisotopic (exact) mass is 217 g/mol. The van der Waals surface area contributed by atoms with E-state index in [1.54, 1.807) is 6.33 Å². The normalized spacial score (nSPS) is 10.3. The molecule has 1 heterocycles. The fourth-order valence-electron chi connectivity index (χ4n) is 1.50. The lowest BCUT2D eigenvalue weighted by molar-refractivity contribution is 0.788. The third kappa shape index (κ3) is 2.50. The van der Waals surface area contributed by atoms with E-state index in [2.05, 4.69) is 15.5 Å². The number of benzene rings is 1. The maximum atomic E-state index is 5.68. The summed E-state index contributed by atoms with van der Waals surface area (Å²) in [5, 5.41) is 11.1. The van der Waals surface area contributed by atoms with Gasteiger partial charge in [-0.05, 0) is 18.2 Å². The second kappa shape index (κ2) is 4.65. The van der Waals surface area contributed by atoms with Crippen molar-refractivity contribution in [1.29, 1.82) is 0 Å². The zero-order valence-corrected chi connectivity index (χ0v) is 9.22. The molecule has 0 amide bonds. The minimum Gasteiger partial charge on any atom is -0.399 e. The summed E-state index contributed by atoms with van der Waals surface area (Å²) >= 11 is 0. The van der Waals surface area contributed by atoms with Crippen molar-refractivity contribution >= 4 is 11.4 Å². The molecule has 1 aromatic heterocycles. The third-order valence-electron chi connectivity index (χ3n) is 2.37. The van der Waals surface area contributed by atoms with Gasteiger partial charge in [0, 0.05) is 31.4 Å². The standard InChI is InChI=1S/C11H15N5/c1-16-8-14-15-11(16)5-6-13-10-4-2-3-9(12)7-10/h2-4,7-8,13H,5-6,12H2,1H3. The molecule has 0 spiro atoms. The van der Waals surface area contributed by atoms with Gasteiger partial charge in [-0.2, -0.15) is 0 Å². The minimum atomic E-state index is 0.767. The van der Waals surface area contributed by atoms with Gasteiger partial charge in [0.15, 0.2) is 0 Å². The topological polar surface area (TPSA) is 68.8 Å². The number of nitrogens with two attached hydrogens (primary N) is 1. The maximum Gasteiger partial charge on any atom is 0.134 e. The highest BCUT2D eigenvalue weighted by molar-refractivity contribution is 5.53. The summed E-state index contributed by atoms with van der Waals surface area (Å²) in [4.78, 5) is 0. The van der Waals surface area contributed by atoms with Gasteiger partial charge in [0.05, 0.1) is 0 Å². The van der Waals surface area contributed by atoms with Crippen LogP contribution in [0.2, 0.25) is 0 Å². The van der Waals surface area contributed by atoms with Gasteiger partial charge in [-0.1, -0.05) is 6.07 Å². The molecule has 0 aliphatic rings. The van der Waals surface area contributed by atoms with Crippen LogP contribution < -0.4 is 11.1 Å². The number of nitrogen functional groups attached to an aromatic ring is 1. The molecule has 0 aliphatic carbocycles. The van der Waals surface area contributed by atoms with Gasteiger partial charge in [0.1, 0.15) is 12.2 Å². The van der Waals surface area contributed by atoms with Gasteiger partial charge in [0.25, 0.3) is 0 Å². The molecule has 2 rings (SSSR count). The van der Waals surface area contributed by atoms with E-state index in [0.717, 1.165) is 30.2 Å². The fraction of sp³-hybridized carbons (Fsp3) is 0.273. The molecule has 1 aromatic carbocycles. The number of anilines is 2. The smallest absolute Gasteiger partial charge is 0.134 e. The first-order valence-electron chi connectivity index (χ1n) is 5.18. The Balaban J connectivity index is 1.87. The van der Waals surface area contributed by atoms with Crippen molar-refractivity contribution in [2.75, 3.05) is 17.6 Å². The Bertz CT molecular complexity index is 463. The first-order chi connectivity index (χ1) is 7.75. The molecule has 16 heavy (non-hydrogen) atoms. The van der Waals surface area contributed by atoms with E-state index in [1.165, 1.54) is 0 Å².